The number of hydrogen-bond donors (Lipinski definition) is 0. The molecule has 4 unspecified atom stereocenters. The highest BCUT2D eigenvalue weighted by molar-refractivity contribution is 5.99. The summed E-state index contributed by atoms with van der Waals surface area (Å²) in [6.07, 6.45) is 3.87. The normalized spacial score (nSPS) is 15.6. The van der Waals surface area contributed by atoms with E-state index in [9.17, 15) is 0 Å². The first kappa shape index (κ1) is 117. The summed E-state index contributed by atoms with van der Waals surface area (Å²) >= 11 is 0. The van der Waals surface area contributed by atoms with Crippen molar-refractivity contribution in [3.05, 3.63) is 455 Å². The molecular formula is C143H176N2O. The molecule has 0 aliphatic heterocycles. The molecule has 3 heteroatoms. The van der Waals surface area contributed by atoms with Crippen LogP contribution in [0.4, 0.5) is 11.4 Å². The molecule has 764 valence electrons. The van der Waals surface area contributed by atoms with E-state index in [1.165, 1.54) is 245 Å². The Kier molecular flexibility index (Phi) is 43.3. The van der Waals surface area contributed by atoms with Crippen molar-refractivity contribution in [2.45, 2.75) is 296 Å². The van der Waals surface area contributed by atoms with Crippen molar-refractivity contribution in [2.24, 2.45) is 57.6 Å². The van der Waals surface area contributed by atoms with Crippen molar-refractivity contribution in [1.82, 2.24) is 0 Å². The third-order valence-corrected chi connectivity index (χ3v) is 32.7. The van der Waals surface area contributed by atoms with Crippen LogP contribution in [0.25, 0.3) is 43.4 Å². The van der Waals surface area contributed by atoms with Gasteiger partial charge in [0.2, 0.25) is 0 Å². The van der Waals surface area contributed by atoms with Gasteiger partial charge in [0.1, 0.15) is 11.5 Å². The second-order valence-corrected chi connectivity index (χ2v) is 44.0. The zero-order chi connectivity index (χ0) is 108. The van der Waals surface area contributed by atoms with Crippen LogP contribution >= 0.6 is 0 Å². The number of ether oxygens (including phenoxy) is 1. The summed E-state index contributed by atoms with van der Waals surface area (Å²) in [6, 6.07) is 91.5. The highest BCUT2D eigenvalue weighted by Gasteiger charge is 2.38. The quantitative estimate of drug-likeness (QED) is 0.0848. The Labute approximate surface area is 885 Å². The van der Waals surface area contributed by atoms with Crippen LogP contribution in [0.3, 0.4) is 0 Å². The first-order chi connectivity index (χ1) is 68.8. The Hall–Kier alpha value is -12.7. The predicted molar refractivity (Wildman–Crippen MR) is 642 cm³/mol. The van der Waals surface area contributed by atoms with Gasteiger partial charge in [-0.15, -0.1) is 0 Å². The Morgan fingerprint density at radius 3 is 0.671 bits per heavy atom. The van der Waals surface area contributed by atoms with Crippen molar-refractivity contribution in [3.8, 4) is 34.5 Å². The molecular weight excluding hydrogens is 1760 g/mol. The summed E-state index contributed by atoms with van der Waals surface area (Å²) in [5.41, 5.74) is 52.2. The smallest absolute Gasteiger partial charge is 0.127 e. The topological polar surface area (TPSA) is 34.0 Å². The van der Waals surface area contributed by atoms with E-state index in [4.69, 9.17) is 4.74 Å². The van der Waals surface area contributed by atoms with Gasteiger partial charge in [0.25, 0.3) is 0 Å². The van der Waals surface area contributed by atoms with Gasteiger partial charge in [-0.2, -0.15) is 10.2 Å². The molecule has 0 amide bonds. The number of fused-ring (bicyclic) bond motifs is 3. The number of aryl methyl sites for hydroxylation is 32. The van der Waals surface area contributed by atoms with Gasteiger partial charge < -0.3 is 4.74 Å². The van der Waals surface area contributed by atoms with Gasteiger partial charge in [-0.25, -0.2) is 0 Å². The van der Waals surface area contributed by atoms with Crippen molar-refractivity contribution in [1.29, 1.82) is 0 Å². The van der Waals surface area contributed by atoms with E-state index in [1.54, 1.807) is 0 Å². The third-order valence-electron chi connectivity index (χ3n) is 32.7. The van der Waals surface area contributed by atoms with Gasteiger partial charge >= 0.3 is 0 Å². The van der Waals surface area contributed by atoms with Gasteiger partial charge in [-0.1, -0.05) is 244 Å². The summed E-state index contributed by atoms with van der Waals surface area (Å²) < 4.78 is 5.85. The highest BCUT2D eigenvalue weighted by Crippen LogP contribution is 2.45. The van der Waals surface area contributed by atoms with Crippen LogP contribution < -0.4 is 4.74 Å². The summed E-state index contributed by atoms with van der Waals surface area (Å²) in [4.78, 5) is 0. The minimum absolute atomic E-state index is 0.899. The van der Waals surface area contributed by atoms with E-state index in [1.807, 2.05) is 24.3 Å². The number of hydrogen-bond acceptors (Lipinski definition) is 3. The summed E-state index contributed by atoms with van der Waals surface area (Å²) in [7, 11) is 0. The van der Waals surface area contributed by atoms with Gasteiger partial charge in [0.15, 0.2) is 0 Å². The van der Waals surface area contributed by atoms with Crippen molar-refractivity contribution in [3.63, 3.8) is 0 Å². The maximum absolute atomic E-state index is 5.85. The maximum Gasteiger partial charge on any atom is 0.127 e. The van der Waals surface area contributed by atoms with Gasteiger partial charge in [-0.05, 0) is 599 Å². The maximum atomic E-state index is 5.85. The minimum atomic E-state index is 0.899. The van der Waals surface area contributed by atoms with Crippen LogP contribution in [0.5, 0.6) is 11.5 Å². The average Bonchev–Trinajstić information content (AvgIpc) is 0.867. The lowest BCUT2D eigenvalue weighted by Gasteiger charge is -2.45. The molecule has 18 rings (SSSR count). The number of benzene rings is 16. The molecule has 0 N–H and O–H groups in total. The molecule has 2 fully saturated rings. The van der Waals surface area contributed by atoms with E-state index < -0.39 is 0 Å². The van der Waals surface area contributed by atoms with Gasteiger partial charge in [-0.3, -0.25) is 0 Å². The molecule has 0 heterocycles. The zero-order valence-electron chi connectivity index (χ0n) is 97.3. The van der Waals surface area contributed by atoms with Gasteiger partial charge in [0, 0.05) is 11.1 Å². The lowest BCUT2D eigenvalue weighted by Crippen LogP contribution is -2.39. The van der Waals surface area contributed by atoms with Crippen molar-refractivity contribution < 1.29 is 4.74 Å². The molecule has 0 spiro atoms. The highest BCUT2D eigenvalue weighted by atomic mass is 16.5. The standard InChI is InChI=1S/2C18H18.C17H20.C16H18N2.C16H18O.C16H18.C14H16.C10H14.C10H20.C8H16/c1-11-5-15-9-17-7-13(3)14(4)8-18(17)10-16(15)6-12(11)2;1-13-5-7-17(11-15(13)3)9-10-18-8-6-14(2)16(4)12-18;1-12-5-7-16(9-14(12)3)11-17-8-6-13(2)15(4)10-17;1-11-5-7-15(9-13(11)3)17-18-16-8-6-12(2)14(4)10-16;1-11-5-7-15(9-13(11)3)17-16-8-6-12(2)14(4)10-16;1-11-5-7-15(9-13(11)3)16-8-6-12(2)14(4)10-16;1-9-5-13-7-11(3)12(4)8-14(13)6-10(9)2;1-7-5-9(3)10(4)6-8(7)2;1-5-10-8(3)6-7(2)9(10)4;1-5-6(2)8(4)7(5)3/h5-10H,1-4H3;5-8,11-12H,1-4H3;5-10H,11H2,1-4H3;5-10H,1-4H3;5-10H,1-4H3;5-10H,1-4H3;5-8H,1-4H3;5-6H,1-4H3;7-10H,5-6H2,1-4H3;5-8H,1-4H3. The second kappa shape index (κ2) is 54.1. The second-order valence-electron chi connectivity index (χ2n) is 44.0. The Balaban J connectivity index is 0.000000182. The molecule has 146 heavy (non-hydrogen) atoms. The monoisotopic (exact) mass is 1940 g/mol. The van der Waals surface area contributed by atoms with Crippen LogP contribution in [0, 0.1) is 281 Å². The van der Waals surface area contributed by atoms with Gasteiger partial charge in [0.05, 0.1) is 11.4 Å². The molecule has 0 bridgehead atoms. The first-order valence-corrected chi connectivity index (χ1v) is 53.6. The lowest BCUT2D eigenvalue weighted by atomic mass is 9.60. The number of rotatable bonds is 8. The third kappa shape index (κ3) is 33.7. The van der Waals surface area contributed by atoms with E-state index in [-0.39, 0.29) is 0 Å². The summed E-state index contributed by atoms with van der Waals surface area (Å²) in [5, 5.41) is 16.6. The SMILES string of the molecule is CC1C(C)C(C)C1C.CCC1C(C)CC(C)C1C.Cc1cc(C)c(C)cc1C.Cc1cc2cc(C)c(C)cc2cc1C.Cc1cc2cc3cc(C)c(C)cc3cc2cc1C.Cc1ccc(-c2ccc(C)c(C)c2)cc1C.Cc1ccc(C#Cc2ccc(C)c(C)c2)cc1C.Cc1ccc(Cc2ccc(C)c(C)c2)cc1C.Cc1ccc(N=Nc2ccc(C)c(C)c2)cc1C.Cc1ccc(Oc2ccc(C)c(C)c2)cc1C. The van der Waals surface area contributed by atoms with Crippen molar-refractivity contribution in [2.75, 3.05) is 0 Å². The van der Waals surface area contributed by atoms with E-state index in [2.05, 4.69) is 530 Å². The average molecular weight is 1940 g/mol. The molecule has 16 aromatic rings. The Morgan fingerprint density at radius 1 is 0.205 bits per heavy atom. The fourth-order valence-corrected chi connectivity index (χ4v) is 19.0. The predicted octanol–water partition coefficient (Wildman–Crippen LogP) is 41.6. The van der Waals surface area contributed by atoms with Crippen LogP contribution in [0.15, 0.2) is 265 Å². The summed E-state index contributed by atoms with van der Waals surface area (Å²) in [6.45, 7) is 87.6. The molecule has 0 radical (unpaired) electrons. The Bertz CT molecular complexity index is 6630. The van der Waals surface area contributed by atoms with Crippen LogP contribution in [-0.2, 0) is 6.42 Å². The van der Waals surface area contributed by atoms with E-state index in [0.29, 0.717) is 0 Å². The number of nitrogens with zero attached hydrogens (tertiary/aromatic N) is 2. The van der Waals surface area contributed by atoms with Crippen LogP contribution in [-0.4, -0.2) is 0 Å². The van der Waals surface area contributed by atoms with Crippen LogP contribution in [0.1, 0.15) is 269 Å². The molecule has 4 atom stereocenters. The minimum Gasteiger partial charge on any atom is -0.457 e. The first-order valence-electron chi connectivity index (χ1n) is 53.6. The molecule has 0 saturated heterocycles. The molecule has 2 aliphatic rings. The molecule has 0 aromatic heterocycles. The van der Waals surface area contributed by atoms with Crippen LogP contribution in [0.2, 0.25) is 0 Å². The van der Waals surface area contributed by atoms with Crippen molar-refractivity contribution >= 4 is 43.7 Å². The largest absolute Gasteiger partial charge is 0.457 e. The molecule has 16 aromatic carbocycles. The summed E-state index contributed by atoms with van der Waals surface area (Å²) in [5.74, 6) is 16.1. The molecule has 2 saturated carbocycles. The Morgan fingerprint density at radius 2 is 0.432 bits per heavy atom. The molecule has 3 nitrogen and oxygen atoms in total. The molecule has 2 aliphatic carbocycles. The number of azo groups is 1. The fourth-order valence-electron chi connectivity index (χ4n) is 19.0. The van der Waals surface area contributed by atoms with E-state index in [0.717, 1.165) is 87.8 Å². The van der Waals surface area contributed by atoms with E-state index >= 15 is 0 Å². The zero-order valence-corrected chi connectivity index (χ0v) is 97.3. The lowest BCUT2D eigenvalue weighted by molar-refractivity contribution is 0.0302. The fraction of sp³-hybridized carbons (Fsp3) is 0.357.